The molecule has 2 unspecified atom stereocenters. The second-order valence-corrected chi connectivity index (χ2v) is 9.19. The Morgan fingerprint density at radius 3 is 2.58 bits per heavy atom. The number of nitrogens with zero attached hydrogens (tertiary/aromatic N) is 1. The van der Waals surface area contributed by atoms with Crippen LogP contribution in [0.3, 0.4) is 0 Å². The quantitative estimate of drug-likeness (QED) is 0.729. The molecule has 6 atom stereocenters. The zero-order chi connectivity index (χ0) is 17.4. The second-order valence-electron chi connectivity index (χ2n) is 9.19. The Kier molecular flexibility index (Phi) is 4.45. The van der Waals surface area contributed by atoms with Gasteiger partial charge in [0.1, 0.15) is 5.90 Å². The van der Waals surface area contributed by atoms with Gasteiger partial charge in [-0.1, -0.05) is 44.2 Å². The largest absolute Gasteiger partial charge is 1.00 e. The summed E-state index contributed by atoms with van der Waals surface area (Å²) in [5, 5.41) is 0. The Balaban J connectivity index is 0.00000168. The molecule has 2 aliphatic heterocycles. The first-order valence-electron chi connectivity index (χ1n) is 9.63. The molecule has 1 saturated heterocycles. The van der Waals surface area contributed by atoms with E-state index in [-0.39, 0.29) is 47.2 Å². The van der Waals surface area contributed by atoms with E-state index < -0.39 is 6.75 Å². The summed E-state index contributed by atoms with van der Waals surface area (Å²) in [4.78, 5) is 4.76. The molecule has 2 bridgehead atoms. The van der Waals surface area contributed by atoms with Gasteiger partial charge in [-0.25, -0.2) is 0 Å². The Bertz CT molecular complexity index is 742. The van der Waals surface area contributed by atoms with Crippen LogP contribution in [0.15, 0.2) is 35.3 Å². The van der Waals surface area contributed by atoms with Gasteiger partial charge in [-0.05, 0) is 49.0 Å². The van der Waals surface area contributed by atoms with E-state index in [1.165, 1.54) is 12.0 Å². The summed E-state index contributed by atoms with van der Waals surface area (Å²) in [6.07, 6.45) is 3.24. The van der Waals surface area contributed by atoms with Gasteiger partial charge in [-0.2, -0.15) is 0 Å². The maximum atomic E-state index is 6.75. The van der Waals surface area contributed by atoms with Crippen molar-refractivity contribution in [2.24, 2.45) is 22.2 Å². The fourth-order valence-corrected chi connectivity index (χ4v) is 6.00. The SMILES string of the molecule is CC1=NC(Cc2ccccc2)[B-]2(O1)O[C@@H]1C[C@@H]3C[C@@H](C3(C)C)[C@]1(C)O2.[Na+]. The van der Waals surface area contributed by atoms with Crippen LogP contribution in [0.2, 0.25) is 0 Å². The van der Waals surface area contributed by atoms with Gasteiger partial charge in [0.15, 0.2) is 0 Å². The van der Waals surface area contributed by atoms with E-state index in [9.17, 15) is 0 Å². The van der Waals surface area contributed by atoms with E-state index >= 15 is 0 Å². The molecule has 5 aliphatic rings. The molecule has 4 nitrogen and oxygen atoms in total. The van der Waals surface area contributed by atoms with Crippen molar-refractivity contribution >= 4 is 12.7 Å². The molecule has 1 aromatic rings. The number of hydrogen-bond acceptors (Lipinski definition) is 4. The van der Waals surface area contributed by atoms with E-state index in [0.29, 0.717) is 17.2 Å². The normalized spacial score (nSPS) is 44.5. The molecule has 3 aliphatic carbocycles. The summed E-state index contributed by atoms with van der Waals surface area (Å²) in [6.45, 7) is 7.07. The van der Waals surface area contributed by atoms with Crippen LogP contribution in [-0.4, -0.2) is 30.3 Å². The summed E-state index contributed by atoms with van der Waals surface area (Å²) in [6, 6.07) is 10.4. The molecule has 1 spiro atoms. The van der Waals surface area contributed by atoms with Crippen molar-refractivity contribution < 1.29 is 43.5 Å². The minimum atomic E-state index is -1.85. The van der Waals surface area contributed by atoms with E-state index in [2.05, 4.69) is 45.0 Å². The molecular weight excluding hydrogens is 336 g/mol. The topological polar surface area (TPSA) is 40.0 Å². The third kappa shape index (κ3) is 2.51. The minimum absolute atomic E-state index is 0. The molecule has 3 saturated carbocycles. The van der Waals surface area contributed by atoms with Gasteiger partial charge in [0.25, 0.3) is 0 Å². The summed E-state index contributed by atoms with van der Waals surface area (Å²) < 4.78 is 19.5. The van der Waals surface area contributed by atoms with Crippen molar-refractivity contribution in [1.29, 1.82) is 0 Å². The smallest absolute Gasteiger partial charge is 0.658 e. The van der Waals surface area contributed by atoms with Crippen LogP contribution in [0.5, 0.6) is 0 Å². The molecule has 0 radical (unpaired) electrons. The standard InChI is InChI=1S/C20H27BNO3.Na/c1-13-22-18(10-14-8-6-5-7-9-14)21(23-13)24-17-12-15-11-16(19(15,2)3)20(17,4)25-21;/h5-9,15-18H,10-12H2,1-4H3;/q-1;+1/t15-,16-,17+,18?,20-,21?;/m0./s1. The first kappa shape index (κ1) is 19.0. The first-order valence-corrected chi connectivity index (χ1v) is 9.63. The van der Waals surface area contributed by atoms with Crippen LogP contribution < -0.4 is 29.6 Å². The Labute approximate surface area is 178 Å². The maximum absolute atomic E-state index is 6.75. The van der Waals surface area contributed by atoms with Gasteiger partial charge in [0, 0.05) is 19.0 Å². The number of aliphatic imine (C=N–C) groups is 1. The average molecular weight is 363 g/mol. The number of benzene rings is 1. The molecule has 6 heteroatoms. The number of hydrogen-bond donors (Lipinski definition) is 0. The zero-order valence-corrected chi connectivity index (χ0v) is 18.6. The van der Waals surface area contributed by atoms with Gasteiger partial charge in [0.2, 0.25) is 0 Å². The predicted molar refractivity (Wildman–Crippen MR) is 98.2 cm³/mol. The van der Waals surface area contributed by atoms with E-state index in [4.69, 9.17) is 19.0 Å². The van der Waals surface area contributed by atoms with Gasteiger partial charge >= 0.3 is 36.3 Å². The Morgan fingerprint density at radius 1 is 1.15 bits per heavy atom. The molecule has 0 amide bonds. The molecule has 0 N–H and O–H groups in total. The van der Waals surface area contributed by atoms with Crippen molar-refractivity contribution in [3.63, 3.8) is 0 Å². The molecular formula is C20H27BNNaO3. The fourth-order valence-electron chi connectivity index (χ4n) is 6.00. The zero-order valence-electron chi connectivity index (χ0n) is 16.6. The Morgan fingerprint density at radius 2 is 1.88 bits per heavy atom. The van der Waals surface area contributed by atoms with Crippen LogP contribution in [-0.2, 0) is 20.4 Å². The molecule has 0 aromatic heterocycles. The third-order valence-corrected chi connectivity index (χ3v) is 7.51. The minimum Gasteiger partial charge on any atom is -0.658 e. The first-order chi connectivity index (χ1) is 11.8. The van der Waals surface area contributed by atoms with E-state index in [1.807, 2.05) is 13.0 Å². The van der Waals surface area contributed by atoms with Crippen molar-refractivity contribution in [3.8, 4) is 0 Å². The fraction of sp³-hybridized carbons (Fsp3) is 0.650. The van der Waals surface area contributed by atoms with Crippen LogP contribution in [0.25, 0.3) is 0 Å². The molecule has 4 fully saturated rings. The Hall–Kier alpha value is -0.325. The van der Waals surface area contributed by atoms with Crippen molar-refractivity contribution in [2.45, 2.75) is 64.6 Å². The van der Waals surface area contributed by atoms with Crippen molar-refractivity contribution in [2.75, 3.05) is 0 Å². The van der Waals surface area contributed by atoms with Gasteiger partial charge in [-0.3, -0.25) is 4.99 Å². The van der Waals surface area contributed by atoms with E-state index in [0.717, 1.165) is 18.8 Å². The third-order valence-electron chi connectivity index (χ3n) is 7.51. The summed E-state index contributed by atoms with van der Waals surface area (Å²) in [5.74, 6) is 1.87. The van der Waals surface area contributed by atoms with Crippen LogP contribution >= 0.6 is 0 Å². The van der Waals surface area contributed by atoms with Crippen LogP contribution in [0.4, 0.5) is 0 Å². The summed E-state index contributed by atoms with van der Waals surface area (Å²) >= 11 is 0. The van der Waals surface area contributed by atoms with Gasteiger partial charge < -0.3 is 14.0 Å². The summed E-state index contributed by atoms with van der Waals surface area (Å²) in [5.41, 5.74) is 1.32. The van der Waals surface area contributed by atoms with Crippen molar-refractivity contribution in [1.82, 2.24) is 0 Å². The maximum Gasteiger partial charge on any atom is 1.00 e. The predicted octanol–water partition coefficient (Wildman–Crippen LogP) is 0.769. The van der Waals surface area contributed by atoms with Crippen molar-refractivity contribution in [3.05, 3.63) is 35.9 Å². The summed E-state index contributed by atoms with van der Waals surface area (Å²) in [7, 11) is 0. The monoisotopic (exact) mass is 363 g/mol. The van der Waals surface area contributed by atoms with Gasteiger partial charge in [-0.15, -0.1) is 0 Å². The second kappa shape index (κ2) is 6.08. The molecule has 26 heavy (non-hydrogen) atoms. The van der Waals surface area contributed by atoms with Crippen LogP contribution in [0.1, 0.15) is 46.1 Å². The molecule has 1 aromatic carbocycles. The average Bonchev–Trinajstić information content (AvgIpc) is 3.02. The van der Waals surface area contributed by atoms with Crippen LogP contribution in [0, 0.1) is 17.3 Å². The van der Waals surface area contributed by atoms with E-state index in [1.54, 1.807) is 0 Å². The van der Waals surface area contributed by atoms with Gasteiger partial charge in [0.05, 0.1) is 5.60 Å². The number of rotatable bonds is 2. The molecule has 6 rings (SSSR count). The molecule has 134 valence electrons. The molecule has 2 heterocycles.